The lowest BCUT2D eigenvalue weighted by atomic mass is 9.86. The number of hydrogen-bond acceptors (Lipinski definition) is 1. The molecule has 1 aliphatic rings. The smallest absolute Gasteiger partial charge is 0.0673 e. The van der Waals surface area contributed by atoms with E-state index in [2.05, 4.69) is 19.6 Å². The Balaban J connectivity index is 2.42. The molecular formula is C11H18O. The fraction of sp³-hybridized carbons (Fsp3) is 0.636. The number of ether oxygens (including phenoxy) is 1. The minimum atomic E-state index is 0.714. The van der Waals surface area contributed by atoms with Gasteiger partial charge in [-0.25, -0.2) is 0 Å². The van der Waals surface area contributed by atoms with Crippen molar-refractivity contribution in [1.82, 2.24) is 0 Å². The molecule has 0 aromatic heterocycles. The van der Waals surface area contributed by atoms with Crippen LogP contribution in [0.4, 0.5) is 0 Å². The van der Waals surface area contributed by atoms with Gasteiger partial charge >= 0.3 is 0 Å². The van der Waals surface area contributed by atoms with Gasteiger partial charge in [0.05, 0.1) is 6.61 Å². The van der Waals surface area contributed by atoms with Crippen molar-refractivity contribution in [1.29, 1.82) is 0 Å². The molecule has 0 unspecified atom stereocenters. The van der Waals surface area contributed by atoms with Crippen LogP contribution in [-0.4, -0.2) is 13.7 Å². The fourth-order valence-electron chi connectivity index (χ4n) is 1.65. The molecule has 0 amide bonds. The molecule has 0 N–H and O–H groups in total. The highest BCUT2D eigenvalue weighted by atomic mass is 16.5. The van der Waals surface area contributed by atoms with E-state index in [9.17, 15) is 0 Å². The average Bonchev–Trinajstić information content (AvgIpc) is 2.06. The molecule has 0 aromatic rings. The number of methoxy groups -OCH3 is 1. The third-order valence-corrected chi connectivity index (χ3v) is 2.53. The van der Waals surface area contributed by atoms with Crippen molar-refractivity contribution >= 4 is 0 Å². The van der Waals surface area contributed by atoms with E-state index in [1.807, 2.05) is 0 Å². The Morgan fingerprint density at radius 2 is 2.50 bits per heavy atom. The van der Waals surface area contributed by atoms with Crippen molar-refractivity contribution in [2.45, 2.75) is 26.2 Å². The second-order valence-corrected chi connectivity index (χ2v) is 3.61. The third kappa shape index (κ3) is 2.49. The minimum absolute atomic E-state index is 0.714. The Morgan fingerprint density at radius 1 is 1.75 bits per heavy atom. The first kappa shape index (κ1) is 9.53. The molecule has 0 saturated carbocycles. The third-order valence-electron chi connectivity index (χ3n) is 2.53. The molecule has 1 aliphatic carbocycles. The fourth-order valence-corrected chi connectivity index (χ4v) is 1.65. The van der Waals surface area contributed by atoms with Gasteiger partial charge in [0.25, 0.3) is 0 Å². The van der Waals surface area contributed by atoms with Gasteiger partial charge in [0.15, 0.2) is 0 Å². The van der Waals surface area contributed by atoms with Crippen LogP contribution in [0.15, 0.2) is 23.8 Å². The minimum Gasteiger partial charge on any atom is -0.380 e. The molecule has 12 heavy (non-hydrogen) atoms. The highest BCUT2D eigenvalue weighted by Crippen LogP contribution is 2.27. The van der Waals surface area contributed by atoms with Crippen molar-refractivity contribution in [2.75, 3.05) is 13.7 Å². The topological polar surface area (TPSA) is 9.23 Å². The summed E-state index contributed by atoms with van der Waals surface area (Å²) in [5.41, 5.74) is 2.78. The Hall–Kier alpha value is -0.560. The van der Waals surface area contributed by atoms with Crippen LogP contribution in [-0.2, 0) is 4.74 Å². The highest BCUT2D eigenvalue weighted by Gasteiger charge is 2.14. The quantitative estimate of drug-likeness (QED) is 0.586. The van der Waals surface area contributed by atoms with Crippen molar-refractivity contribution in [2.24, 2.45) is 5.92 Å². The van der Waals surface area contributed by atoms with Gasteiger partial charge in [-0.2, -0.15) is 0 Å². The molecule has 0 aliphatic heterocycles. The normalized spacial score (nSPS) is 23.5. The summed E-state index contributed by atoms with van der Waals surface area (Å²) in [6.07, 6.45) is 5.91. The van der Waals surface area contributed by atoms with Gasteiger partial charge in [0.1, 0.15) is 0 Å². The maximum absolute atomic E-state index is 5.09. The van der Waals surface area contributed by atoms with Gasteiger partial charge in [-0.3, -0.25) is 0 Å². The molecule has 1 atom stereocenters. The van der Waals surface area contributed by atoms with E-state index in [0.29, 0.717) is 5.92 Å². The standard InChI is InChI=1S/C11H18O/c1-9(2)11-6-4-10(5-7-11)8-12-3/h4,11H,1,5-8H2,2-3H3/t11-/m0/s1. The molecule has 0 aromatic carbocycles. The molecule has 0 fully saturated rings. The lowest BCUT2D eigenvalue weighted by Gasteiger charge is -2.21. The Bertz CT molecular complexity index is 191. The summed E-state index contributed by atoms with van der Waals surface area (Å²) in [6.45, 7) is 6.92. The molecule has 0 bridgehead atoms. The summed E-state index contributed by atoms with van der Waals surface area (Å²) in [4.78, 5) is 0. The average molecular weight is 166 g/mol. The molecule has 0 radical (unpaired) electrons. The maximum atomic E-state index is 5.09. The molecule has 0 heterocycles. The first-order valence-electron chi connectivity index (χ1n) is 4.56. The molecule has 1 nitrogen and oxygen atoms in total. The zero-order valence-corrected chi connectivity index (χ0v) is 8.10. The second-order valence-electron chi connectivity index (χ2n) is 3.61. The summed E-state index contributed by atoms with van der Waals surface area (Å²) in [5, 5.41) is 0. The lowest BCUT2D eigenvalue weighted by molar-refractivity contribution is 0.220. The predicted molar refractivity (Wildman–Crippen MR) is 52.1 cm³/mol. The Kier molecular flexibility index (Phi) is 3.54. The van der Waals surface area contributed by atoms with E-state index >= 15 is 0 Å². The zero-order chi connectivity index (χ0) is 8.97. The van der Waals surface area contributed by atoms with E-state index in [0.717, 1.165) is 13.0 Å². The van der Waals surface area contributed by atoms with E-state index < -0.39 is 0 Å². The predicted octanol–water partition coefficient (Wildman–Crippen LogP) is 2.94. The van der Waals surface area contributed by atoms with Crippen molar-refractivity contribution in [3.8, 4) is 0 Å². The van der Waals surface area contributed by atoms with Gasteiger partial charge in [-0.05, 0) is 37.7 Å². The van der Waals surface area contributed by atoms with Gasteiger partial charge in [-0.1, -0.05) is 18.2 Å². The van der Waals surface area contributed by atoms with Crippen LogP contribution in [0, 0.1) is 5.92 Å². The Morgan fingerprint density at radius 3 is 2.92 bits per heavy atom. The first-order chi connectivity index (χ1) is 5.74. The van der Waals surface area contributed by atoms with Crippen molar-refractivity contribution in [3.05, 3.63) is 23.8 Å². The second kappa shape index (κ2) is 4.46. The number of hydrogen-bond donors (Lipinski definition) is 0. The van der Waals surface area contributed by atoms with Crippen LogP contribution >= 0.6 is 0 Å². The molecule has 1 rings (SSSR count). The van der Waals surface area contributed by atoms with Gasteiger partial charge in [0, 0.05) is 7.11 Å². The van der Waals surface area contributed by atoms with E-state index in [1.54, 1.807) is 7.11 Å². The molecule has 0 spiro atoms. The van der Waals surface area contributed by atoms with E-state index in [1.165, 1.54) is 24.0 Å². The highest BCUT2D eigenvalue weighted by molar-refractivity contribution is 5.12. The van der Waals surface area contributed by atoms with Crippen LogP contribution < -0.4 is 0 Å². The number of rotatable bonds is 3. The van der Waals surface area contributed by atoms with Crippen molar-refractivity contribution < 1.29 is 4.74 Å². The molecular weight excluding hydrogens is 148 g/mol. The van der Waals surface area contributed by atoms with Crippen molar-refractivity contribution in [3.63, 3.8) is 0 Å². The van der Waals surface area contributed by atoms with Crippen LogP contribution in [0.2, 0.25) is 0 Å². The largest absolute Gasteiger partial charge is 0.380 e. The van der Waals surface area contributed by atoms with E-state index in [-0.39, 0.29) is 0 Å². The monoisotopic (exact) mass is 166 g/mol. The van der Waals surface area contributed by atoms with E-state index in [4.69, 9.17) is 4.74 Å². The molecule has 0 saturated heterocycles. The van der Waals surface area contributed by atoms with Crippen LogP contribution in [0.5, 0.6) is 0 Å². The lowest BCUT2D eigenvalue weighted by Crippen LogP contribution is -2.08. The number of allylic oxidation sites excluding steroid dienone is 2. The summed E-state index contributed by atoms with van der Waals surface area (Å²) >= 11 is 0. The zero-order valence-electron chi connectivity index (χ0n) is 8.10. The van der Waals surface area contributed by atoms with Gasteiger partial charge in [-0.15, -0.1) is 0 Å². The van der Waals surface area contributed by atoms with Gasteiger partial charge < -0.3 is 4.74 Å². The SMILES string of the molecule is C=C(C)[C@H]1CC=C(COC)CC1. The van der Waals surface area contributed by atoms with Crippen LogP contribution in [0.1, 0.15) is 26.2 Å². The summed E-state index contributed by atoms with van der Waals surface area (Å²) in [7, 11) is 1.76. The molecule has 68 valence electrons. The van der Waals surface area contributed by atoms with Crippen LogP contribution in [0.3, 0.4) is 0 Å². The van der Waals surface area contributed by atoms with Gasteiger partial charge in [0.2, 0.25) is 0 Å². The Labute approximate surface area is 75.1 Å². The van der Waals surface area contributed by atoms with Crippen LogP contribution in [0.25, 0.3) is 0 Å². The maximum Gasteiger partial charge on any atom is 0.0673 e. The molecule has 1 heteroatoms. The summed E-state index contributed by atoms with van der Waals surface area (Å²) < 4.78 is 5.09. The summed E-state index contributed by atoms with van der Waals surface area (Å²) in [5.74, 6) is 0.714. The first-order valence-corrected chi connectivity index (χ1v) is 4.56. The summed E-state index contributed by atoms with van der Waals surface area (Å²) in [6, 6.07) is 0.